The molecule has 0 aromatic heterocycles. The van der Waals surface area contributed by atoms with Gasteiger partial charge in [0.05, 0.1) is 6.10 Å². The summed E-state index contributed by atoms with van der Waals surface area (Å²) in [5, 5.41) is 19.5. The van der Waals surface area contributed by atoms with Gasteiger partial charge in [-0.05, 0) is 63.7 Å². The van der Waals surface area contributed by atoms with Crippen LogP contribution in [0.4, 0.5) is 0 Å². The number of hydrogen-bond donors (Lipinski definition) is 2. The molecule has 0 aliphatic rings. The van der Waals surface area contributed by atoms with E-state index in [1.807, 2.05) is 6.92 Å². The molecule has 290 valence electrons. The van der Waals surface area contributed by atoms with Gasteiger partial charge in [-0.2, -0.15) is 0 Å². The Bertz CT molecular complexity index is 874. The lowest BCUT2D eigenvalue weighted by Gasteiger charge is -2.12. The Hall–Kier alpha value is -2.18. The van der Waals surface area contributed by atoms with E-state index in [1.165, 1.54) is 83.5 Å². The van der Waals surface area contributed by atoms with Crippen molar-refractivity contribution in [3.63, 3.8) is 0 Å². The number of carbonyl (C=O) groups is 2. The van der Waals surface area contributed by atoms with E-state index in [2.05, 4.69) is 62.5 Å². The van der Waals surface area contributed by atoms with Crippen molar-refractivity contribution < 1.29 is 29.3 Å². The summed E-state index contributed by atoms with van der Waals surface area (Å²) >= 11 is 0. The van der Waals surface area contributed by atoms with Crippen LogP contribution in [0.5, 0.6) is 0 Å². The Morgan fingerprint density at radius 1 is 0.480 bits per heavy atom. The average molecular weight is 703 g/mol. The molecule has 6 heteroatoms. The molecule has 0 fully saturated rings. The maximum Gasteiger partial charge on any atom is 0.305 e. The molecule has 0 aromatic carbocycles. The predicted molar refractivity (Wildman–Crippen MR) is 211 cm³/mol. The van der Waals surface area contributed by atoms with E-state index in [0.717, 1.165) is 70.1 Å². The average Bonchev–Trinajstić information content (AvgIpc) is 3.10. The summed E-state index contributed by atoms with van der Waals surface area (Å²) in [7, 11) is 0. The highest BCUT2D eigenvalue weighted by atomic mass is 16.6. The number of unbranched alkanes of at least 4 members (excludes halogenated alkanes) is 15. The van der Waals surface area contributed by atoms with Crippen LogP contribution in [-0.2, 0) is 19.1 Å². The normalized spacial score (nSPS) is 13.4. The van der Waals surface area contributed by atoms with E-state index in [4.69, 9.17) is 9.47 Å². The number of ether oxygens (including phenoxy) is 2. The minimum absolute atomic E-state index is 0.140. The van der Waals surface area contributed by atoms with Gasteiger partial charge in [0.15, 0.2) is 0 Å². The zero-order valence-corrected chi connectivity index (χ0v) is 32.7. The SMILES string of the molecule is CC[C@H](O)CC/C=C\C/C=C\C/C=C\C/C=C\CCCC(=O)OC[C@@H](O)COC(=O)CCCCCCCCCCCCCCCCCC(C)C. The van der Waals surface area contributed by atoms with Crippen LogP contribution >= 0.6 is 0 Å². The van der Waals surface area contributed by atoms with E-state index in [0.29, 0.717) is 19.3 Å². The molecule has 0 rings (SSSR count). The number of allylic oxidation sites excluding steroid dienone is 8. The standard InChI is InChI=1S/C44H78O6/c1-4-41(45)35-31-27-23-19-15-11-8-9-13-17-21-25-29-33-37-44(48)50-39-42(46)38-49-43(47)36-32-28-24-20-16-12-7-5-6-10-14-18-22-26-30-34-40(2)3/h9,11,13,15,21,23,25,27,40-42,45-46H,4-8,10,12,14,16-20,22,24,26,28-39H2,1-3H3/b13-9-,15-11-,25-21-,27-23-/t41-,42-/m0/s1. The maximum absolute atomic E-state index is 12.0. The zero-order valence-electron chi connectivity index (χ0n) is 32.7. The van der Waals surface area contributed by atoms with Crippen molar-refractivity contribution in [3.05, 3.63) is 48.6 Å². The first-order valence-corrected chi connectivity index (χ1v) is 20.6. The molecule has 0 aliphatic heterocycles. The van der Waals surface area contributed by atoms with Gasteiger partial charge in [-0.1, -0.05) is 166 Å². The van der Waals surface area contributed by atoms with Gasteiger partial charge in [-0.25, -0.2) is 0 Å². The van der Waals surface area contributed by atoms with Gasteiger partial charge in [-0.3, -0.25) is 9.59 Å². The second-order valence-corrected chi connectivity index (χ2v) is 14.4. The quantitative estimate of drug-likeness (QED) is 0.0383. The van der Waals surface area contributed by atoms with E-state index in [-0.39, 0.29) is 31.3 Å². The fourth-order valence-corrected chi connectivity index (χ4v) is 5.60. The first kappa shape index (κ1) is 47.8. The third-order valence-corrected chi connectivity index (χ3v) is 8.91. The summed E-state index contributed by atoms with van der Waals surface area (Å²) in [5.74, 6) is 0.206. The van der Waals surface area contributed by atoms with Crippen molar-refractivity contribution in [1.29, 1.82) is 0 Å². The molecule has 0 spiro atoms. The first-order valence-electron chi connectivity index (χ1n) is 20.6. The summed E-state index contributed by atoms with van der Waals surface area (Å²) in [6.45, 7) is 6.34. The largest absolute Gasteiger partial charge is 0.463 e. The van der Waals surface area contributed by atoms with Crippen LogP contribution in [0.25, 0.3) is 0 Å². The first-order chi connectivity index (χ1) is 24.3. The van der Waals surface area contributed by atoms with Crippen molar-refractivity contribution in [2.45, 2.75) is 200 Å². The van der Waals surface area contributed by atoms with Crippen molar-refractivity contribution in [1.82, 2.24) is 0 Å². The molecular formula is C44H78O6. The second-order valence-electron chi connectivity index (χ2n) is 14.4. The minimum atomic E-state index is -0.994. The van der Waals surface area contributed by atoms with E-state index in [1.54, 1.807) is 0 Å². The molecule has 2 N–H and O–H groups in total. The molecule has 50 heavy (non-hydrogen) atoms. The molecule has 2 atom stereocenters. The van der Waals surface area contributed by atoms with Gasteiger partial charge in [0.25, 0.3) is 0 Å². The van der Waals surface area contributed by atoms with E-state index in [9.17, 15) is 19.8 Å². The Morgan fingerprint density at radius 2 is 0.860 bits per heavy atom. The molecule has 0 heterocycles. The molecule has 0 radical (unpaired) electrons. The van der Waals surface area contributed by atoms with Crippen LogP contribution in [0.3, 0.4) is 0 Å². The molecule has 0 aromatic rings. The van der Waals surface area contributed by atoms with Gasteiger partial charge < -0.3 is 19.7 Å². The predicted octanol–water partition coefficient (Wildman–Crippen LogP) is 11.8. The third-order valence-electron chi connectivity index (χ3n) is 8.91. The fourth-order valence-electron chi connectivity index (χ4n) is 5.60. The van der Waals surface area contributed by atoms with Crippen molar-refractivity contribution in [2.24, 2.45) is 5.92 Å². The molecule has 0 amide bonds. The van der Waals surface area contributed by atoms with Crippen LogP contribution in [0.2, 0.25) is 0 Å². The van der Waals surface area contributed by atoms with Gasteiger partial charge in [-0.15, -0.1) is 0 Å². The van der Waals surface area contributed by atoms with Gasteiger partial charge in [0, 0.05) is 12.8 Å². The van der Waals surface area contributed by atoms with Gasteiger partial charge >= 0.3 is 11.9 Å². The van der Waals surface area contributed by atoms with Crippen molar-refractivity contribution in [2.75, 3.05) is 13.2 Å². The zero-order chi connectivity index (χ0) is 36.8. The summed E-state index contributed by atoms with van der Waals surface area (Å²) < 4.78 is 10.3. The fraction of sp³-hybridized carbons (Fsp3) is 0.773. The second kappa shape index (κ2) is 38.1. The van der Waals surface area contributed by atoms with E-state index >= 15 is 0 Å². The molecule has 0 saturated heterocycles. The molecule has 0 unspecified atom stereocenters. The number of rotatable bonds is 36. The molecule has 6 nitrogen and oxygen atoms in total. The topological polar surface area (TPSA) is 93.1 Å². The summed E-state index contributed by atoms with van der Waals surface area (Å²) in [5.41, 5.74) is 0. The third kappa shape index (κ3) is 38.6. The van der Waals surface area contributed by atoms with Crippen LogP contribution in [0, 0.1) is 5.92 Å². The van der Waals surface area contributed by atoms with Gasteiger partial charge in [0.2, 0.25) is 0 Å². The smallest absolute Gasteiger partial charge is 0.305 e. The highest BCUT2D eigenvalue weighted by Crippen LogP contribution is 2.15. The Labute approximate surface area is 308 Å². The number of esters is 2. The highest BCUT2D eigenvalue weighted by Gasteiger charge is 2.12. The molecule has 0 aliphatic carbocycles. The number of hydrogen-bond acceptors (Lipinski definition) is 6. The molecule has 0 bridgehead atoms. The number of aliphatic hydroxyl groups excluding tert-OH is 2. The Balaban J connectivity index is 3.52. The van der Waals surface area contributed by atoms with Crippen LogP contribution in [-0.4, -0.2) is 47.6 Å². The lowest BCUT2D eigenvalue weighted by Crippen LogP contribution is -2.25. The minimum Gasteiger partial charge on any atom is -0.463 e. The van der Waals surface area contributed by atoms with Crippen molar-refractivity contribution >= 4 is 11.9 Å². The van der Waals surface area contributed by atoms with Gasteiger partial charge in [0.1, 0.15) is 19.3 Å². The molecular weight excluding hydrogens is 624 g/mol. The van der Waals surface area contributed by atoms with Crippen molar-refractivity contribution in [3.8, 4) is 0 Å². The highest BCUT2D eigenvalue weighted by molar-refractivity contribution is 5.69. The molecule has 0 saturated carbocycles. The maximum atomic E-state index is 12.0. The lowest BCUT2D eigenvalue weighted by molar-refractivity contribution is -0.152. The van der Waals surface area contributed by atoms with Crippen LogP contribution in [0.1, 0.15) is 188 Å². The number of aliphatic hydroxyl groups is 2. The summed E-state index contributed by atoms with van der Waals surface area (Å²) in [6, 6.07) is 0. The van der Waals surface area contributed by atoms with Crippen LogP contribution in [0.15, 0.2) is 48.6 Å². The Kier molecular flexibility index (Phi) is 36.4. The number of carbonyl (C=O) groups excluding carboxylic acids is 2. The summed E-state index contributed by atoms with van der Waals surface area (Å²) in [6.07, 6.45) is 44.0. The monoisotopic (exact) mass is 703 g/mol. The lowest BCUT2D eigenvalue weighted by atomic mass is 10.0. The Morgan fingerprint density at radius 3 is 1.30 bits per heavy atom. The van der Waals surface area contributed by atoms with E-state index < -0.39 is 6.10 Å². The van der Waals surface area contributed by atoms with Crippen LogP contribution < -0.4 is 0 Å². The summed E-state index contributed by atoms with van der Waals surface area (Å²) in [4.78, 5) is 23.9.